The summed E-state index contributed by atoms with van der Waals surface area (Å²) in [5.41, 5.74) is 0.757. The third-order valence-electron chi connectivity index (χ3n) is 3.40. The number of hydrogen-bond acceptors (Lipinski definition) is 3. The van der Waals surface area contributed by atoms with Gasteiger partial charge in [-0.15, -0.1) is 0 Å². The van der Waals surface area contributed by atoms with E-state index in [0.717, 1.165) is 37.4 Å². The smallest absolute Gasteiger partial charge is 0.177 e. The number of carbonyl (C=O) groups excluding carboxylic acids is 1. The molecule has 1 saturated heterocycles. The summed E-state index contributed by atoms with van der Waals surface area (Å²) in [5.74, 6) is 1.07. The number of nitrogens with zero attached hydrogens (tertiary/aromatic N) is 3. The quantitative estimate of drug-likeness (QED) is 0.713. The van der Waals surface area contributed by atoms with Crippen LogP contribution in [0, 0.1) is 6.92 Å². The molecule has 0 amide bonds. The van der Waals surface area contributed by atoms with Crippen molar-refractivity contribution in [3.8, 4) is 0 Å². The molecule has 0 aliphatic carbocycles. The average molecular weight is 221 g/mol. The van der Waals surface area contributed by atoms with Crippen molar-refractivity contribution in [2.75, 3.05) is 20.1 Å². The molecule has 0 unspecified atom stereocenters. The Morgan fingerprint density at radius 3 is 2.62 bits per heavy atom. The lowest BCUT2D eigenvalue weighted by molar-refractivity contribution is 0.0998. The minimum Gasteiger partial charge on any atom is -0.323 e. The van der Waals surface area contributed by atoms with E-state index in [1.165, 1.54) is 0 Å². The number of imidazole rings is 1. The van der Waals surface area contributed by atoms with Crippen molar-refractivity contribution in [1.82, 2.24) is 14.5 Å². The Kier molecular flexibility index (Phi) is 3.10. The highest BCUT2D eigenvalue weighted by Gasteiger charge is 2.23. The zero-order valence-electron chi connectivity index (χ0n) is 10.2. The van der Waals surface area contributed by atoms with Crippen LogP contribution in [0.5, 0.6) is 0 Å². The normalized spacial score (nSPS) is 18.9. The first-order chi connectivity index (χ1) is 7.59. The second-order valence-electron chi connectivity index (χ2n) is 4.65. The van der Waals surface area contributed by atoms with Gasteiger partial charge < -0.3 is 9.47 Å². The van der Waals surface area contributed by atoms with E-state index in [1.807, 2.05) is 6.92 Å². The molecule has 4 heteroatoms. The van der Waals surface area contributed by atoms with Crippen LogP contribution in [0.25, 0.3) is 0 Å². The highest BCUT2D eigenvalue weighted by molar-refractivity contribution is 5.92. The van der Waals surface area contributed by atoms with Crippen LogP contribution in [-0.2, 0) is 0 Å². The van der Waals surface area contributed by atoms with Crippen molar-refractivity contribution in [3.63, 3.8) is 0 Å². The summed E-state index contributed by atoms with van der Waals surface area (Å²) in [5, 5.41) is 0. The molecule has 0 N–H and O–H groups in total. The Hall–Kier alpha value is -1.16. The largest absolute Gasteiger partial charge is 0.323 e. The van der Waals surface area contributed by atoms with Crippen LogP contribution < -0.4 is 0 Å². The number of likely N-dealkylation sites (tertiary alicyclic amines) is 1. The van der Waals surface area contributed by atoms with Gasteiger partial charge in [0.2, 0.25) is 0 Å². The molecule has 1 aromatic heterocycles. The van der Waals surface area contributed by atoms with Crippen LogP contribution in [0.4, 0.5) is 0 Å². The van der Waals surface area contributed by atoms with Crippen LogP contribution >= 0.6 is 0 Å². The van der Waals surface area contributed by atoms with Crippen molar-refractivity contribution in [3.05, 3.63) is 17.7 Å². The van der Waals surface area contributed by atoms with E-state index >= 15 is 0 Å². The molecular formula is C12H19N3O. The van der Waals surface area contributed by atoms with Gasteiger partial charge >= 0.3 is 0 Å². The topological polar surface area (TPSA) is 38.1 Å². The molecule has 1 aliphatic rings. The average Bonchev–Trinajstić information content (AvgIpc) is 2.62. The van der Waals surface area contributed by atoms with Crippen molar-refractivity contribution in [1.29, 1.82) is 0 Å². The van der Waals surface area contributed by atoms with E-state index in [1.54, 1.807) is 13.1 Å². The molecule has 2 heterocycles. The van der Waals surface area contributed by atoms with Crippen LogP contribution in [0.2, 0.25) is 0 Å². The fraction of sp³-hybridized carbons (Fsp3) is 0.667. The summed E-state index contributed by atoms with van der Waals surface area (Å²) in [6.45, 7) is 5.78. The minimum absolute atomic E-state index is 0.111. The Morgan fingerprint density at radius 1 is 1.44 bits per heavy atom. The first kappa shape index (κ1) is 11.3. The predicted octanol–water partition coefficient (Wildman–Crippen LogP) is 1.66. The highest BCUT2D eigenvalue weighted by Crippen LogP contribution is 2.25. The Balaban J connectivity index is 2.25. The molecule has 0 atom stereocenters. The van der Waals surface area contributed by atoms with E-state index in [-0.39, 0.29) is 5.78 Å². The number of aryl methyl sites for hydroxylation is 1. The van der Waals surface area contributed by atoms with Crippen LogP contribution in [0.3, 0.4) is 0 Å². The summed E-state index contributed by atoms with van der Waals surface area (Å²) in [7, 11) is 2.14. The van der Waals surface area contributed by atoms with Gasteiger partial charge in [-0.2, -0.15) is 0 Å². The number of hydrogen-bond donors (Lipinski definition) is 0. The van der Waals surface area contributed by atoms with Gasteiger partial charge in [-0.3, -0.25) is 4.79 Å². The molecule has 0 aromatic carbocycles. The van der Waals surface area contributed by atoms with Gasteiger partial charge in [0.15, 0.2) is 5.78 Å². The summed E-state index contributed by atoms with van der Waals surface area (Å²) in [4.78, 5) is 18.1. The van der Waals surface area contributed by atoms with Crippen molar-refractivity contribution in [2.24, 2.45) is 0 Å². The van der Waals surface area contributed by atoms with Gasteiger partial charge in [0.1, 0.15) is 11.5 Å². The van der Waals surface area contributed by atoms with Gasteiger partial charge in [0.05, 0.1) is 6.20 Å². The molecule has 88 valence electrons. The van der Waals surface area contributed by atoms with Crippen LogP contribution in [0.1, 0.15) is 42.1 Å². The van der Waals surface area contributed by atoms with Gasteiger partial charge in [0.25, 0.3) is 0 Å². The molecule has 0 bridgehead atoms. The van der Waals surface area contributed by atoms with Crippen molar-refractivity contribution < 1.29 is 4.79 Å². The van der Waals surface area contributed by atoms with Crippen LogP contribution in [0.15, 0.2) is 6.20 Å². The molecule has 0 spiro atoms. The van der Waals surface area contributed by atoms with Gasteiger partial charge in [-0.25, -0.2) is 4.98 Å². The molecular weight excluding hydrogens is 202 g/mol. The molecule has 1 fully saturated rings. The second-order valence-corrected chi connectivity index (χ2v) is 4.65. The molecule has 16 heavy (non-hydrogen) atoms. The van der Waals surface area contributed by atoms with Crippen molar-refractivity contribution in [2.45, 2.75) is 32.7 Å². The Morgan fingerprint density at radius 2 is 2.06 bits per heavy atom. The van der Waals surface area contributed by atoms with E-state index in [2.05, 4.69) is 21.5 Å². The van der Waals surface area contributed by atoms with Gasteiger partial charge in [-0.1, -0.05) is 0 Å². The fourth-order valence-electron chi connectivity index (χ4n) is 2.43. The van der Waals surface area contributed by atoms with E-state index < -0.39 is 0 Å². The highest BCUT2D eigenvalue weighted by atomic mass is 16.1. The monoisotopic (exact) mass is 221 g/mol. The molecule has 4 nitrogen and oxygen atoms in total. The zero-order valence-corrected chi connectivity index (χ0v) is 10.2. The third-order valence-corrected chi connectivity index (χ3v) is 3.40. The molecule has 0 radical (unpaired) electrons. The van der Waals surface area contributed by atoms with E-state index in [9.17, 15) is 4.79 Å². The van der Waals surface area contributed by atoms with Crippen molar-refractivity contribution >= 4 is 5.78 Å². The maximum Gasteiger partial charge on any atom is 0.177 e. The summed E-state index contributed by atoms with van der Waals surface area (Å²) >= 11 is 0. The van der Waals surface area contributed by atoms with E-state index in [0.29, 0.717) is 6.04 Å². The molecule has 2 rings (SSSR count). The summed E-state index contributed by atoms with van der Waals surface area (Å²) < 4.78 is 2.12. The lowest BCUT2D eigenvalue weighted by Crippen LogP contribution is -2.32. The second kappa shape index (κ2) is 4.37. The molecule has 1 aliphatic heterocycles. The van der Waals surface area contributed by atoms with Gasteiger partial charge in [0, 0.05) is 13.0 Å². The zero-order chi connectivity index (χ0) is 11.7. The predicted molar refractivity (Wildman–Crippen MR) is 62.7 cm³/mol. The summed E-state index contributed by atoms with van der Waals surface area (Å²) in [6, 6.07) is 0.442. The fourth-order valence-corrected chi connectivity index (χ4v) is 2.43. The third kappa shape index (κ3) is 2.02. The SMILES string of the molecule is CC(=O)c1cnc(C)n1C1CCN(C)CC1. The Bertz CT molecular complexity index is 389. The number of rotatable bonds is 2. The standard InChI is InChI=1S/C12H19N3O/c1-9(16)12-8-13-10(2)15(12)11-4-6-14(3)7-5-11/h8,11H,4-7H2,1-3H3. The maximum absolute atomic E-state index is 11.5. The van der Waals surface area contributed by atoms with E-state index in [4.69, 9.17) is 0 Å². The van der Waals surface area contributed by atoms with Gasteiger partial charge in [-0.05, 0) is 39.9 Å². The number of carbonyl (C=O) groups is 1. The number of ketones is 1. The van der Waals surface area contributed by atoms with Crippen LogP contribution in [-0.4, -0.2) is 40.4 Å². The number of Topliss-reactive ketones (excluding diaryl/α,β-unsaturated/α-hetero) is 1. The molecule has 0 saturated carbocycles. The summed E-state index contributed by atoms with van der Waals surface area (Å²) in [6.07, 6.45) is 3.91. The number of piperidine rings is 1. The lowest BCUT2D eigenvalue weighted by Gasteiger charge is -2.31. The first-order valence-electron chi connectivity index (χ1n) is 5.83. The maximum atomic E-state index is 11.5. The Labute approximate surface area is 96.3 Å². The molecule has 1 aromatic rings. The minimum atomic E-state index is 0.111. The first-order valence-corrected chi connectivity index (χ1v) is 5.83. The number of aromatic nitrogens is 2. The lowest BCUT2D eigenvalue weighted by atomic mass is 10.0.